The second-order valence-corrected chi connectivity index (χ2v) is 7.02. The Morgan fingerprint density at radius 1 is 1.36 bits per heavy atom. The van der Waals surface area contributed by atoms with E-state index in [4.69, 9.17) is 11.6 Å². The third-order valence-electron chi connectivity index (χ3n) is 5.07. The second-order valence-electron chi connectivity index (χ2n) is 6.61. The Morgan fingerprint density at radius 2 is 2.09 bits per heavy atom. The number of piperidine rings is 1. The highest BCUT2D eigenvalue weighted by Crippen LogP contribution is 2.48. The Morgan fingerprint density at radius 3 is 2.68 bits per heavy atom. The third kappa shape index (κ3) is 3.37. The lowest BCUT2D eigenvalue weighted by molar-refractivity contribution is 0.0724. The highest BCUT2D eigenvalue weighted by molar-refractivity contribution is 6.33. The normalized spacial score (nSPS) is 19.8. The predicted octanol–water partition coefficient (Wildman–Crippen LogP) is 3.96. The summed E-state index contributed by atoms with van der Waals surface area (Å²) in [6, 6.07) is 1.75. The molecule has 5 heteroatoms. The molecular weight excluding hydrogens is 298 g/mol. The number of halogens is 1. The smallest absolute Gasteiger partial charge is 0.255 e. The molecule has 1 aromatic rings. The van der Waals surface area contributed by atoms with Crippen molar-refractivity contribution >= 4 is 23.3 Å². The zero-order chi connectivity index (χ0) is 15.6. The topological polar surface area (TPSA) is 45.2 Å². The largest absolute Gasteiger partial charge is 0.368 e. The molecule has 0 radical (unpaired) electrons. The van der Waals surface area contributed by atoms with Crippen LogP contribution in [0.1, 0.15) is 55.8 Å². The van der Waals surface area contributed by atoms with Gasteiger partial charge in [0, 0.05) is 25.8 Å². The van der Waals surface area contributed by atoms with Gasteiger partial charge in [0.15, 0.2) is 0 Å². The van der Waals surface area contributed by atoms with Gasteiger partial charge in [-0.05, 0) is 50.0 Å². The molecule has 120 valence electrons. The van der Waals surface area contributed by atoms with Crippen LogP contribution in [0.15, 0.2) is 12.3 Å². The second kappa shape index (κ2) is 6.45. The highest BCUT2D eigenvalue weighted by atomic mass is 35.5. The molecule has 1 N–H and O–H groups in total. The fraction of sp³-hybridized carbons (Fsp3) is 0.647. The van der Waals surface area contributed by atoms with Gasteiger partial charge in [-0.15, -0.1) is 0 Å². The first-order valence-corrected chi connectivity index (χ1v) is 8.70. The molecule has 1 aliphatic carbocycles. The van der Waals surface area contributed by atoms with Crippen molar-refractivity contribution in [2.45, 2.75) is 45.4 Å². The van der Waals surface area contributed by atoms with Gasteiger partial charge in [-0.2, -0.15) is 0 Å². The first-order chi connectivity index (χ1) is 10.6. The van der Waals surface area contributed by atoms with Gasteiger partial charge in [-0.3, -0.25) is 4.79 Å². The molecule has 1 aromatic heterocycles. The summed E-state index contributed by atoms with van der Waals surface area (Å²) < 4.78 is 0. The van der Waals surface area contributed by atoms with Crippen molar-refractivity contribution in [3.63, 3.8) is 0 Å². The van der Waals surface area contributed by atoms with E-state index < -0.39 is 0 Å². The molecule has 4 nitrogen and oxygen atoms in total. The van der Waals surface area contributed by atoms with Crippen LogP contribution in [0.4, 0.5) is 5.82 Å². The summed E-state index contributed by atoms with van der Waals surface area (Å²) >= 11 is 6.31. The fourth-order valence-electron chi connectivity index (χ4n) is 3.07. The van der Waals surface area contributed by atoms with E-state index in [2.05, 4.69) is 17.2 Å². The zero-order valence-electron chi connectivity index (χ0n) is 13.2. The summed E-state index contributed by atoms with van der Waals surface area (Å²) in [6.45, 7) is 4.82. The Bertz CT molecular complexity index is 551. The molecule has 1 amide bonds. The van der Waals surface area contributed by atoms with E-state index in [1.165, 1.54) is 25.7 Å². The molecule has 1 saturated carbocycles. The maximum Gasteiger partial charge on any atom is 0.255 e. The van der Waals surface area contributed by atoms with Crippen LogP contribution in [-0.4, -0.2) is 35.4 Å². The Balaban J connectivity index is 1.65. The standard InChI is InChI=1S/C17H24ClN3O/c1-2-17(6-7-17)12-20-15-14(18)10-13(11-19-15)16(22)21-8-4-3-5-9-21/h10-11H,2-9,12H2,1H3,(H,19,20). The first kappa shape index (κ1) is 15.6. The van der Waals surface area contributed by atoms with Crippen molar-refractivity contribution in [3.05, 3.63) is 22.8 Å². The van der Waals surface area contributed by atoms with Crippen molar-refractivity contribution in [2.75, 3.05) is 25.0 Å². The summed E-state index contributed by atoms with van der Waals surface area (Å²) in [6.07, 6.45) is 8.78. The summed E-state index contributed by atoms with van der Waals surface area (Å²) in [4.78, 5) is 18.7. The van der Waals surface area contributed by atoms with Crippen molar-refractivity contribution in [3.8, 4) is 0 Å². The van der Waals surface area contributed by atoms with Gasteiger partial charge in [0.25, 0.3) is 5.91 Å². The molecule has 22 heavy (non-hydrogen) atoms. The lowest BCUT2D eigenvalue weighted by Crippen LogP contribution is -2.35. The molecule has 0 atom stereocenters. The van der Waals surface area contributed by atoms with Gasteiger partial charge < -0.3 is 10.2 Å². The average Bonchev–Trinajstić information content (AvgIpc) is 3.34. The van der Waals surface area contributed by atoms with Gasteiger partial charge in [-0.25, -0.2) is 4.98 Å². The summed E-state index contributed by atoms with van der Waals surface area (Å²) in [5, 5.41) is 3.88. The highest BCUT2D eigenvalue weighted by Gasteiger charge is 2.40. The number of carbonyl (C=O) groups is 1. The van der Waals surface area contributed by atoms with Gasteiger partial charge in [0.2, 0.25) is 0 Å². The number of amides is 1. The summed E-state index contributed by atoms with van der Waals surface area (Å²) in [7, 11) is 0. The Hall–Kier alpha value is -1.29. The van der Waals surface area contributed by atoms with Crippen LogP contribution in [0.5, 0.6) is 0 Å². The quantitative estimate of drug-likeness (QED) is 0.892. The minimum Gasteiger partial charge on any atom is -0.368 e. The summed E-state index contributed by atoms with van der Waals surface area (Å²) in [5.74, 6) is 0.740. The maximum absolute atomic E-state index is 12.4. The van der Waals surface area contributed by atoms with Crippen LogP contribution >= 0.6 is 11.6 Å². The van der Waals surface area contributed by atoms with E-state index in [1.807, 2.05) is 4.90 Å². The number of nitrogens with one attached hydrogen (secondary N) is 1. The van der Waals surface area contributed by atoms with Crippen LogP contribution in [0.3, 0.4) is 0 Å². The van der Waals surface area contributed by atoms with Crippen molar-refractivity contribution in [1.82, 2.24) is 9.88 Å². The van der Waals surface area contributed by atoms with Crippen LogP contribution < -0.4 is 5.32 Å². The molecule has 0 unspecified atom stereocenters. The van der Waals surface area contributed by atoms with Gasteiger partial charge in [0.05, 0.1) is 10.6 Å². The zero-order valence-corrected chi connectivity index (χ0v) is 14.0. The molecular formula is C17H24ClN3O. The molecule has 1 saturated heterocycles. The number of hydrogen-bond donors (Lipinski definition) is 1. The fourth-order valence-corrected chi connectivity index (χ4v) is 3.30. The first-order valence-electron chi connectivity index (χ1n) is 8.32. The van der Waals surface area contributed by atoms with Crippen molar-refractivity contribution < 1.29 is 4.79 Å². The number of carbonyl (C=O) groups excluding carboxylic acids is 1. The van der Waals surface area contributed by atoms with Crippen LogP contribution in [0.2, 0.25) is 5.02 Å². The number of nitrogens with zero attached hydrogens (tertiary/aromatic N) is 2. The molecule has 0 aromatic carbocycles. The number of aromatic nitrogens is 1. The van der Waals surface area contributed by atoms with Crippen molar-refractivity contribution in [1.29, 1.82) is 0 Å². The Kier molecular flexibility index (Phi) is 4.57. The molecule has 2 aliphatic rings. The number of anilines is 1. The van der Waals surface area contributed by atoms with E-state index in [-0.39, 0.29) is 5.91 Å². The number of hydrogen-bond acceptors (Lipinski definition) is 3. The monoisotopic (exact) mass is 321 g/mol. The van der Waals surface area contributed by atoms with Gasteiger partial charge >= 0.3 is 0 Å². The Labute approximate surface area is 137 Å². The van der Waals surface area contributed by atoms with Gasteiger partial charge in [-0.1, -0.05) is 18.5 Å². The van der Waals surface area contributed by atoms with Crippen LogP contribution in [0, 0.1) is 5.41 Å². The van der Waals surface area contributed by atoms with Crippen LogP contribution in [-0.2, 0) is 0 Å². The van der Waals surface area contributed by atoms with E-state index >= 15 is 0 Å². The minimum atomic E-state index is 0.0490. The molecule has 0 spiro atoms. The summed E-state index contributed by atoms with van der Waals surface area (Å²) in [5.41, 5.74) is 1.03. The van der Waals surface area contributed by atoms with Crippen molar-refractivity contribution in [2.24, 2.45) is 5.41 Å². The van der Waals surface area contributed by atoms with E-state index in [0.717, 1.165) is 32.5 Å². The molecule has 2 fully saturated rings. The van der Waals surface area contributed by atoms with E-state index in [9.17, 15) is 4.79 Å². The average molecular weight is 322 g/mol. The molecule has 2 heterocycles. The number of rotatable bonds is 5. The molecule has 0 bridgehead atoms. The lowest BCUT2D eigenvalue weighted by Gasteiger charge is -2.26. The number of pyridine rings is 1. The third-order valence-corrected chi connectivity index (χ3v) is 5.36. The van der Waals surface area contributed by atoms with E-state index in [0.29, 0.717) is 21.8 Å². The SMILES string of the molecule is CCC1(CNc2ncc(C(=O)N3CCCCC3)cc2Cl)CC1. The van der Waals surface area contributed by atoms with E-state index in [1.54, 1.807) is 12.3 Å². The molecule has 3 rings (SSSR count). The predicted molar refractivity (Wildman–Crippen MR) is 89.4 cm³/mol. The van der Waals surface area contributed by atoms with Gasteiger partial charge in [0.1, 0.15) is 5.82 Å². The number of likely N-dealkylation sites (tertiary alicyclic amines) is 1. The maximum atomic E-state index is 12.4. The lowest BCUT2D eigenvalue weighted by atomic mass is 10.0. The van der Waals surface area contributed by atoms with Crippen LogP contribution in [0.25, 0.3) is 0 Å². The minimum absolute atomic E-state index is 0.0490. The molecule has 1 aliphatic heterocycles.